The molecular formula is C54H102O5. The number of ether oxygens (including phenoxy) is 2. The van der Waals surface area contributed by atoms with Crippen molar-refractivity contribution in [3.8, 4) is 0 Å². The highest BCUT2D eigenvalue weighted by molar-refractivity contribution is 5.70. The predicted molar refractivity (Wildman–Crippen MR) is 256 cm³/mol. The molecule has 0 aromatic carbocycles. The van der Waals surface area contributed by atoms with E-state index in [1.165, 1.54) is 225 Å². The van der Waals surface area contributed by atoms with Gasteiger partial charge in [-0.1, -0.05) is 256 Å². The fourth-order valence-corrected chi connectivity index (χ4v) is 8.00. The van der Waals surface area contributed by atoms with Gasteiger partial charge in [-0.05, 0) is 44.9 Å². The van der Waals surface area contributed by atoms with Gasteiger partial charge >= 0.3 is 11.9 Å². The summed E-state index contributed by atoms with van der Waals surface area (Å²) in [6, 6.07) is 0. The molecule has 1 atom stereocenters. The molecule has 0 aromatic rings. The number of rotatable bonds is 49. The van der Waals surface area contributed by atoms with Gasteiger partial charge in [-0.2, -0.15) is 0 Å². The Bertz CT molecular complexity index is 897. The minimum absolute atomic E-state index is 0.0609. The summed E-state index contributed by atoms with van der Waals surface area (Å²) in [5.74, 6) is -0.576. The Morgan fingerprint density at radius 2 is 0.678 bits per heavy atom. The highest BCUT2D eigenvalue weighted by Gasteiger charge is 2.16. The van der Waals surface area contributed by atoms with Gasteiger partial charge in [0.15, 0.2) is 6.10 Å². The summed E-state index contributed by atoms with van der Waals surface area (Å²) in [5, 5.41) is 9.63. The third-order valence-electron chi connectivity index (χ3n) is 12.0. The van der Waals surface area contributed by atoms with Crippen LogP contribution in [0.1, 0.15) is 290 Å². The first-order chi connectivity index (χ1) is 29.1. The summed E-state index contributed by atoms with van der Waals surface area (Å²) in [7, 11) is 0. The monoisotopic (exact) mass is 831 g/mol. The molecule has 0 aromatic heterocycles. The van der Waals surface area contributed by atoms with E-state index < -0.39 is 6.10 Å². The second kappa shape index (κ2) is 50.7. The number of unbranched alkanes of at least 4 members (excludes halogenated alkanes) is 37. The van der Waals surface area contributed by atoms with Gasteiger partial charge in [0.2, 0.25) is 0 Å². The van der Waals surface area contributed by atoms with Crippen molar-refractivity contribution in [2.45, 2.75) is 296 Å². The van der Waals surface area contributed by atoms with Crippen LogP contribution in [0.4, 0.5) is 0 Å². The fraction of sp³-hybridized carbons (Fsp3) is 0.889. The lowest BCUT2D eigenvalue weighted by Gasteiger charge is -2.15. The maximum Gasteiger partial charge on any atom is 0.306 e. The third-order valence-corrected chi connectivity index (χ3v) is 12.0. The molecule has 0 bridgehead atoms. The number of hydrogen-bond acceptors (Lipinski definition) is 5. The van der Waals surface area contributed by atoms with Crippen LogP contribution in [0.25, 0.3) is 0 Å². The van der Waals surface area contributed by atoms with Crippen molar-refractivity contribution in [2.24, 2.45) is 0 Å². The molecule has 348 valence electrons. The van der Waals surface area contributed by atoms with Crippen LogP contribution in [0.15, 0.2) is 24.3 Å². The second-order valence-corrected chi connectivity index (χ2v) is 18.0. The summed E-state index contributed by atoms with van der Waals surface area (Å²) in [6.45, 7) is 4.17. The van der Waals surface area contributed by atoms with Gasteiger partial charge in [0.05, 0.1) is 6.61 Å². The SMILES string of the molecule is CCCCCCC/C=C\C/C=C\CCCCCCCCCCCCCC(=O)OC(CO)COC(=O)CCCCCCCCCCCCCCCCCCCCCCCC. The van der Waals surface area contributed by atoms with Crippen molar-refractivity contribution in [1.29, 1.82) is 0 Å². The van der Waals surface area contributed by atoms with E-state index in [9.17, 15) is 14.7 Å². The van der Waals surface area contributed by atoms with Crippen molar-refractivity contribution in [3.05, 3.63) is 24.3 Å². The third kappa shape index (κ3) is 48.9. The lowest BCUT2D eigenvalue weighted by atomic mass is 10.0. The van der Waals surface area contributed by atoms with Crippen molar-refractivity contribution >= 4 is 11.9 Å². The van der Waals surface area contributed by atoms with Crippen LogP contribution in [0.2, 0.25) is 0 Å². The van der Waals surface area contributed by atoms with E-state index in [2.05, 4.69) is 38.2 Å². The largest absolute Gasteiger partial charge is 0.462 e. The summed E-state index contributed by atoms with van der Waals surface area (Å²) in [4.78, 5) is 24.5. The molecule has 0 aliphatic rings. The van der Waals surface area contributed by atoms with E-state index in [4.69, 9.17) is 9.47 Å². The molecule has 59 heavy (non-hydrogen) atoms. The maximum absolute atomic E-state index is 12.3. The quantitative estimate of drug-likeness (QED) is 0.0376. The van der Waals surface area contributed by atoms with E-state index in [0.29, 0.717) is 12.8 Å². The molecule has 0 spiro atoms. The van der Waals surface area contributed by atoms with E-state index in [0.717, 1.165) is 38.5 Å². The first kappa shape index (κ1) is 57.4. The molecule has 1 unspecified atom stereocenters. The highest BCUT2D eigenvalue weighted by Crippen LogP contribution is 2.17. The Hall–Kier alpha value is -1.62. The number of allylic oxidation sites excluding steroid dienone is 4. The molecule has 0 aliphatic carbocycles. The fourth-order valence-electron chi connectivity index (χ4n) is 8.00. The van der Waals surface area contributed by atoms with E-state index in [-0.39, 0.29) is 25.2 Å². The van der Waals surface area contributed by atoms with Crippen LogP contribution >= 0.6 is 0 Å². The molecule has 0 aliphatic heterocycles. The molecule has 0 saturated heterocycles. The Morgan fingerprint density at radius 3 is 1.00 bits per heavy atom. The predicted octanol–water partition coefficient (Wildman–Crippen LogP) is 17.4. The van der Waals surface area contributed by atoms with Gasteiger partial charge in [-0.25, -0.2) is 0 Å². The Morgan fingerprint density at radius 1 is 0.390 bits per heavy atom. The highest BCUT2D eigenvalue weighted by atomic mass is 16.6. The Balaban J connectivity index is 3.45. The number of aliphatic hydroxyl groups excluding tert-OH is 1. The van der Waals surface area contributed by atoms with E-state index in [1.807, 2.05) is 0 Å². The van der Waals surface area contributed by atoms with Crippen LogP contribution in [-0.4, -0.2) is 36.4 Å². The van der Waals surface area contributed by atoms with Gasteiger partial charge in [-0.3, -0.25) is 9.59 Å². The number of esters is 2. The average Bonchev–Trinajstić information content (AvgIpc) is 3.24. The first-order valence-electron chi connectivity index (χ1n) is 26.4. The molecule has 0 fully saturated rings. The summed E-state index contributed by atoms with van der Waals surface area (Å²) >= 11 is 0. The second-order valence-electron chi connectivity index (χ2n) is 18.0. The van der Waals surface area contributed by atoms with Gasteiger partial charge in [0.25, 0.3) is 0 Å². The lowest BCUT2D eigenvalue weighted by molar-refractivity contribution is -0.161. The van der Waals surface area contributed by atoms with Crippen molar-refractivity contribution < 1.29 is 24.2 Å². The van der Waals surface area contributed by atoms with Crippen molar-refractivity contribution in [2.75, 3.05) is 13.2 Å². The lowest BCUT2D eigenvalue weighted by Crippen LogP contribution is -2.28. The van der Waals surface area contributed by atoms with Crippen LogP contribution in [0, 0.1) is 0 Å². The zero-order chi connectivity index (χ0) is 42.8. The van der Waals surface area contributed by atoms with Gasteiger partial charge < -0.3 is 14.6 Å². The molecule has 5 heteroatoms. The Kier molecular flexibility index (Phi) is 49.3. The minimum atomic E-state index is -0.769. The van der Waals surface area contributed by atoms with E-state index in [1.54, 1.807) is 0 Å². The smallest absolute Gasteiger partial charge is 0.306 e. The van der Waals surface area contributed by atoms with Crippen LogP contribution in [-0.2, 0) is 19.1 Å². The summed E-state index contributed by atoms with van der Waals surface area (Å²) in [5.41, 5.74) is 0. The van der Waals surface area contributed by atoms with Crippen molar-refractivity contribution in [1.82, 2.24) is 0 Å². The molecule has 0 saturated carbocycles. The normalized spacial score (nSPS) is 12.3. The first-order valence-corrected chi connectivity index (χ1v) is 26.4. The standard InChI is InChI=1S/C54H102O5/c1-3-5-7-9-11-13-15-17-19-21-23-25-27-29-31-33-35-37-39-41-43-45-47-49-54(57)59-52(50-55)51-58-53(56)48-46-44-42-40-38-36-34-32-30-28-26-24-22-20-18-16-14-12-10-8-6-4-2/h15,17,21,23,52,55H,3-14,16,18-20,22,24-51H2,1-2H3/b17-15-,23-21-. The maximum atomic E-state index is 12.3. The Labute approximate surface area is 368 Å². The van der Waals surface area contributed by atoms with Crippen molar-refractivity contribution in [3.63, 3.8) is 0 Å². The number of carbonyl (C=O) groups excluding carboxylic acids is 2. The number of aliphatic hydroxyl groups is 1. The zero-order valence-electron chi connectivity index (χ0n) is 39.8. The van der Waals surface area contributed by atoms with Crippen LogP contribution in [0.5, 0.6) is 0 Å². The van der Waals surface area contributed by atoms with Crippen LogP contribution < -0.4 is 0 Å². The molecule has 0 rings (SSSR count). The van der Waals surface area contributed by atoms with Gasteiger partial charge in [0.1, 0.15) is 6.61 Å². The molecule has 5 nitrogen and oxygen atoms in total. The van der Waals surface area contributed by atoms with E-state index >= 15 is 0 Å². The molecule has 0 radical (unpaired) electrons. The molecule has 0 heterocycles. The zero-order valence-corrected chi connectivity index (χ0v) is 39.8. The van der Waals surface area contributed by atoms with Crippen LogP contribution in [0.3, 0.4) is 0 Å². The molecule has 0 amide bonds. The summed E-state index contributed by atoms with van der Waals surface area (Å²) < 4.78 is 10.7. The molecule has 1 N–H and O–H groups in total. The minimum Gasteiger partial charge on any atom is -0.462 e. The average molecular weight is 831 g/mol. The number of hydrogen-bond donors (Lipinski definition) is 1. The topological polar surface area (TPSA) is 72.8 Å². The number of carbonyl (C=O) groups is 2. The van der Waals surface area contributed by atoms with Gasteiger partial charge in [-0.15, -0.1) is 0 Å². The summed E-state index contributed by atoms with van der Waals surface area (Å²) in [6.07, 6.45) is 62.8. The molecular weight excluding hydrogens is 729 g/mol. The van der Waals surface area contributed by atoms with Gasteiger partial charge in [0, 0.05) is 12.8 Å².